The molecule has 1 saturated heterocycles. The number of carbonyl (C=O) groups excluding carboxylic acids is 1. The highest BCUT2D eigenvalue weighted by atomic mass is 35.5. The van der Waals surface area contributed by atoms with Gasteiger partial charge in [0.25, 0.3) is 5.91 Å². The number of carbonyl (C=O) groups is 1. The van der Waals surface area contributed by atoms with Gasteiger partial charge < -0.3 is 15.0 Å². The van der Waals surface area contributed by atoms with E-state index in [4.69, 9.17) is 4.74 Å². The van der Waals surface area contributed by atoms with Gasteiger partial charge in [0.05, 0.1) is 11.5 Å². The lowest BCUT2D eigenvalue weighted by Gasteiger charge is -2.27. The van der Waals surface area contributed by atoms with Crippen molar-refractivity contribution in [3.8, 4) is 0 Å². The Balaban J connectivity index is 0.00000288. The van der Waals surface area contributed by atoms with E-state index in [-0.39, 0.29) is 36.3 Å². The number of nitrogens with zero attached hydrogens (tertiary/aromatic N) is 1. The van der Waals surface area contributed by atoms with Gasteiger partial charge in [0.2, 0.25) is 10.0 Å². The number of sulfonamides is 1. The molecule has 1 amide bonds. The molecule has 1 atom stereocenters. The summed E-state index contributed by atoms with van der Waals surface area (Å²) < 4.78 is 32.2. The Morgan fingerprint density at radius 2 is 2.04 bits per heavy atom. The van der Waals surface area contributed by atoms with Crippen molar-refractivity contribution in [1.29, 1.82) is 0 Å². The molecular formula is C15H24ClN3O4S. The van der Waals surface area contributed by atoms with E-state index in [1.165, 1.54) is 4.90 Å². The summed E-state index contributed by atoms with van der Waals surface area (Å²) in [4.78, 5) is 13.8. The van der Waals surface area contributed by atoms with Crippen LogP contribution >= 0.6 is 12.4 Å². The van der Waals surface area contributed by atoms with E-state index >= 15 is 0 Å². The van der Waals surface area contributed by atoms with Gasteiger partial charge in [0, 0.05) is 33.2 Å². The van der Waals surface area contributed by atoms with E-state index in [1.54, 1.807) is 31.3 Å². The summed E-state index contributed by atoms with van der Waals surface area (Å²) in [6.07, 6.45) is -0.498. The zero-order valence-electron chi connectivity index (χ0n) is 13.8. The van der Waals surface area contributed by atoms with Gasteiger partial charge in [-0.3, -0.25) is 4.79 Å². The number of nitrogens with one attached hydrogen (secondary N) is 2. The SMILES string of the molecule is Cc1ccc(S(=O)(=O)NCCN(C)C(=O)C2CNCCO2)cc1.Cl. The predicted octanol–water partition coefficient (Wildman–Crippen LogP) is 0.142. The summed E-state index contributed by atoms with van der Waals surface area (Å²) in [5, 5.41) is 3.09. The Kier molecular flexibility index (Phi) is 8.11. The number of rotatable bonds is 6. The molecule has 0 aromatic heterocycles. The second kappa shape index (κ2) is 9.33. The minimum atomic E-state index is -3.55. The summed E-state index contributed by atoms with van der Waals surface area (Å²) in [7, 11) is -1.92. The lowest BCUT2D eigenvalue weighted by atomic mass is 10.2. The van der Waals surface area contributed by atoms with Gasteiger partial charge >= 0.3 is 0 Å². The van der Waals surface area contributed by atoms with Crippen molar-refractivity contribution in [2.24, 2.45) is 0 Å². The van der Waals surface area contributed by atoms with E-state index in [9.17, 15) is 13.2 Å². The monoisotopic (exact) mass is 377 g/mol. The molecular weight excluding hydrogens is 354 g/mol. The number of hydrogen-bond acceptors (Lipinski definition) is 5. The second-order valence-corrected chi connectivity index (χ2v) is 7.30. The first-order valence-corrected chi connectivity index (χ1v) is 9.02. The lowest BCUT2D eigenvalue weighted by Crippen LogP contribution is -2.49. The summed E-state index contributed by atoms with van der Waals surface area (Å²) in [6.45, 7) is 4.06. The average molecular weight is 378 g/mol. The number of likely N-dealkylation sites (N-methyl/N-ethyl adjacent to an activating group) is 1. The maximum absolute atomic E-state index is 12.1. The van der Waals surface area contributed by atoms with Crippen LogP contribution in [-0.2, 0) is 19.6 Å². The van der Waals surface area contributed by atoms with E-state index in [0.717, 1.165) is 12.1 Å². The predicted molar refractivity (Wildman–Crippen MR) is 93.9 cm³/mol. The molecule has 0 spiro atoms. The zero-order chi connectivity index (χ0) is 16.9. The van der Waals surface area contributed by atoms with Crippen molar-refractivity contribution in [2.45, 2.75) is 17.9 Å². The Bertz CT molecular complexity index is 631. The van der Waals surface area contributed by atoms with Crippen LogP contribution in [-0.4, -0.2) is 65.2 Å². The Labute approximate surface area is 149 Å². The molecule has 2 rings (SSSR count). The van der Waals surface area contributed by atoms with Crippen LogP contribution in [0.15, 0.2) is 29.2 Å². The minimum absolute atomic E-state index is 0. The molecule has 0 saturated carbocycles. The van der Waals surface area contributed by atoms with Crippen LogP contribution in [0.1, 0.15) is 5.56 Å². The highest BCUT2D eigenvalue weighted by molar-refractivity contribution is 7.89. The van der Waals surface area contributed by atoms with Crippen molar-refractivity contribution < 1.29 is 17.9 Å². The number of ether oxygens (including phenoxy) is 1. The van der Waals surface area contributed by atoms with Gasteiger partial charge in [-0.15, -0.1) is 12.4 Å². The fourth-order valence-corrected chi connectivity index (χ4v) is 3.25. The third kappa shape index (κ3) is 5.71. The van der Waals surface area contributed by atoms with Gasteiger partial charge in [0.1, 0.15) is 6.10 Å². The largest absolute Gasteiger partial charge is 0.366 e. The van der Waals surface area contributed by atoms with Crippen LogP contribution in [0.25, 0.3) is 0 Å². The van der Waals surface area contributed by atoms with E-state index in [0.29, 0.717) is 13.2 Å². The molecule has 1 unspecified atom stereocenters. The Morgan fingerprint density at radius 3 is 2.62 bits per heavy atom. The summed E-state index contributed by atoms with van der Waals surface area (Å²) in [5.41, 5.74) is 0.996. The smallest absolute Gasteiger partial charge is 0.252 e. The molecule has 1 fully saturated rings. The van der Waals surface area contributed by atoms with Crippen molar-refractivity contribution in [2.75, 3.05) is 39.8 Å². The van der Waals surface area contributed by atoms with E-state index in [1.807, 2.05) is 6.92 Å². The molecule has 0 aliphatic carbocycles. The van der Waals surface area contributed by atoms with Gasteiger partial charge in [-0.05, 0) is 19.1 Å². The quantitative estimate of drug-likeness (QED) is 0.736. The number of aryl methyl sites for hydroxylation is 1. The fourth-order valence-electron chi connectivity index (χ4n) is 2.23. The summed E-state index contributed by atoms with van der Waals surface area (Å²) in [6, 6.07) is 6.62. The highest BCUT2D eigenvalue weighted by Crippen LogP contribution is 2.09. The van der Waals surface area contributed by atoms with E-state index < -0.39 is 16.1 Å². The van der Waals surface area contributed by atoms with Gasteiger partial charge in [-0.1, -0.05) is 17.7 Å². The van der Waals surface area contributed by atoms with Crippen LogP contribution in [0, 0.1) is 6.92 Å². The molecule has 7 nitrogen and oxygen atoms in total. The molecule has 1 aliphatic heterocycles. The van der Waals surface area contributed by atoms with E-state index in [2.05, 4.69) is 10.0 Å². The molecule has 0 radical (unpaired) electrons. The van der Waals surface area contributed by atoms with Crippen molar-refractivity contribution in [1.82, 2.24) is 14.9 Å². The Morgan fingerprint density at radius 1 is 1.38 bits per heavy atom. The van der Waals surface area contributed by atoms with Crippen LogP contribution < -0.4 is 10.0 Å². The van der Waals surface area contributed by atoms with Crippen LogP contribution in [0.3, 0.4) is 0 Å². The van der Waals surface area contributed by atoms with Crippen LogP contribution in [0.5, 0.6) is 0 Å². The summed E-state index contributed by atoms with van der Waals surface area (Å²) >= 11 is 0. The van der Waals surface area contributed by atoms with Crippen molar-refractivity contribution >= 4 is 28.3 Å². The molecule has 24 heavy (non-hydrogen) atoms. The van der Waals surface area contributed by atoms with Gasteiger partial charge in [0.15, 0.2) is 0 Å². The Hall–Kier alpha value is -1.19. The molecule has 1 aromatic carbocycles. The molecule has 0 bridgehead atoms. The third-order valence-corrected chi connectivity index (χ3v) is 5.13. The average Bonchev–Trinajstić information content (AvgIpc) is 2.55. The third-order valence-electron chi connectivity index (χ3n) is 3.65. The second-order valence-electron chi connectivity index (χ2n) is 5.53. The molecule has 2 N–H and O–H groups in total. The first-order valence-electron chi connectivity index (χ1n) is 7.54. The van der Waals surface area contributed by atoms with Crippen LogP contribution in [0.4, 0.5) is 0 Å². The maximum Gasteiger partial charge on any atom is 0.252 e. The van der Waals surface area contributed by atoms with Crippen molar-refractivity contribution in [3.05, 3.63) is 29.8 Å². The first kappa shape index (κ1) is 20.9. The van der Waals surface area contributed by atoms with Crippen LogP contribution in [0.2, 0.25) is 0 Å². The minimum Gasteiger partial charge on any atom is -0.366 e. The number of amides is 1. The molecule has 9 heteroatoms. The highest BCUT2D eigenvalue weighted by Gasteiger charge is 2.24. The van der Waals surface area contributed by atoms with Gasteiger partial charge in [-0.2, -0.15) is 0 Å². The van der Waals surface area contributed by atoms with Gasteiger partial charge in [-0.25, -0.2) is 13.1 Å². The first-order chi connectivity index (χ1) is 10.9. The number of benzene rings is 1. The lowest BCUT2D eigenvalue weighted by molar-refractivity contribution is -0.143. The molecule has 1 aromatic rings. The standard InChI is InChI=1S/C15H23N3O4S.ClH/c1-12-3-5-13(6-4-12)23(20,21)17-7-9-18(2)15(19)14-11-16-8-10-22-14;/h3-6,14,16-17H,7-11H2,1-2H3;1H. The molecule has 136 valence electrons. The molecule has 1 aliphatic rings. The fraction of sp³-hybridized carbons (Fsp3) is 0.533. The van der Waals surface area contributed by atoms with Crippen molar-refractivity contribution in [3.63, 3.8) is 0 Å². The number of hydrogen-bond donors (Lipinski definition) is 2. The summed E-state index contributed by atoms with van der Waals surface area (Å²) in [5.74, 6) is -0.147. The zero-order valence-corrected chi connectivity index (χ0v) is 15.5. The maximum atomic E-state index is 12.1. The number of morpholine rings is 1. The molecule has 1 heterocycles. The number of halogens is 1. The normalized spacial score (nSPS) is 17.8. The topological polar surface area (TPSA) is 87.7 Å².